The third-order valence-corrected chi connectivity index (χ3v) is 4.36. The second-order valence-corrected chi connectivity index (χ2v) is 6.10. The summed E-state index contributed by atoms with van der Waals surface area (Å²) in [5.41, 5.74) is 1.97. The van der Waals surface area contributed by atoms with Crippen molar-refractivity contribution in [1.82, 2.24) is 0 Å². The zero-order chi connectivity index (χ0) is 18.0. The predicted octanol–water partition coefficient (Wildman–Crippen LogP) is 4.77. The minimum absolute atomic E-state index is 0.113. The fourth-order valence-corrected chi connectivity index (χ4v) is 2.75. The van der Waals surface area contributed by atoms with Crippen LogP contribution in [0.5, 0.6) is 0 Å². The van der Waals surface area contributed by atoms with E-state index in [4.69, 9.17) is 27.9 Å². The number of anilines is 1. The van der Waals surface area contributed by atoms with Crippen molar-refractivity contribution in [3.8, 4) is 0 Å². The van der Waals surface area contributed by atoms with Gasteiger partial charge >= 0.3 is 5.91 Å². The molecule has 2 aromatic rings. The van der Waals surface area contributed by atoms with Crippen molar-refractivity contribution in [3.05, 3.63) is 58.1 Å². The summed E-state index contributed by atoms with van der Waals surface area (Å²) in [6.45, 7) is 3.99. The van der Waals surface area contributed by atoms with Crippen molar-refractivity contribution in [2.75, 3.05) is 11.6 Å². The van der Waals surface area contributed by atoms with Gasteiger partial charge in [0.15, 0.2) is 5.71 Å². The molecular formula is C18H15Cl2N3O2. The van der Waals surface area contributed by atoms with Gasteiger partial charge in [-0.1, -0.05) is 41.4 Å². The van der Waals surface area contributed by atoms with E-state index in [-0.39, 0.29) is 17.5 Å². The van der Waals surface area contributed by atoms with Crippen LogP contribution in [-0.2, 0) is 9.53 Å². The zero-order valence-corrected chi connectivity index (χ0v) is 15.2. The van der Waals surface area contributed by atoms with Crippen LogP contribution in [0.15, 0.2) is 52.6 Å². The average Bonchev–Trinajstić information content (AvgIpc) is 2.90. The van der Waals surface area contributed by atoms with Crippen LogP contribution in [0.3, 0.4) is 0 Å². The Labute approximate surface area is 155 Å². The Hall–Kier alpha value is -2.37. The number of carbonyl (C=O) groups excluding carboxylic acids is 1. The second kappa shape index (κ2) is 7.25. The minimum atomic E-state index is -0.373. The number of hydrogen-bond acceptors (Lipinski definition) is 4. The molecule has 1 amide bonds. The maximum Gasteiger partial charge on any atom is 0.303 e. The second-order valence-electron chi connectivity index (χ2n) is 5.29. The number of hydrogen-bond donors (Lipinski definition) is 0. The lowest BCUT2D eigenvalue weighted by Crippen LogP contribution is -2.28. The van der Waals surface area contributed by atoms with E-state index in [1.165, 1.54) is 5.01 Å². The third kappa shape index (κ3) is 3.52. The van der Waals surface area contributed by atoms with Gasteiger partial charge in [0, 0.05) is 10.0 Å². The van der Waals surface area contributed by atoms with Crippen molar-refractivity contribution >= 4 is 52.1 Å². The number of para-hydroxylation sites is 1. The molecule has 128 valence electrons. The van der Waals surface area contributed by atoms with E-state index in [2.05, 4.69) is 10.1 Å². The number of aliphatic imine (C=N–C) groups is 1. The van der Waals surface area contributed by atoms with E-state index >= 15 is 0 Å². The molecule has 1 aliphatic rings. The van der Waals surface area contributed by atoms with E-state index in [1.807, 2.05) is 32.0 Å². The monoisotopic (exact) mass is 375 g/mol. The first-order valence-electron chi connectivity index (χ1n) is 7.67. The lowest BCUT2D eigenvalue weighted by molar-refractivity contribution is -0.112. The number of carbonyl (C=O) groups is 1. The van der Waals surface area contributed by atoms with Crippen LogP contribution in [0, 0.1) is 6.92 Å². The van der Waals surface area contributed by atoms with Gasteiger partial charge in [-0.05, 0) is 43.7 Å². The molecule has 1 aliphatic heterocycles. The molecular weight excluding hydrogens is 361 g/mol. The van der Waals surface area contributed by atoms with Gasteiger partial charge in [-0.15, -0.1) is 5.10 Å². The molecule has 2 aromatic carbocycles. The molecule has 1 heterocycles. The largest absolute Gasteiger partial charge is 0.475 e. The highest BCUT2D eigenvalue weighted by atomic mass is 35.5. The molecule has 0 aromatic heterocycles. The van der Waals surface area contributed by atoms with E-state index in [0.29, 0.717) is 28.0 Å². The Morgan fingerprint density at radius 1 is 1.16 bits per heavy atom. The van der Waals surface area contributed by atoms with Crippen LogP contribution in [-0.4, -0.2) is 24.1 Å². The molecule has 0 atom stereocenters. The Morgan fingerprint density at radius 3 is 2.40 bits per heavy atom. The van der Waals surface area contributed by atoms with Crippen LogP contribution in [0.4, 0.5) is 11.4 Å². The number of ether oxygens (including phenoxy) is 1. The van der Waals surface area contributed by atoms with Gasteiger partial charge < -0.3 is 4.74 Å². The Kier molecular flexibility index (Phi) is 5.06. The maximum absolute atomic E-state index is 12.8. The van der Waals surface area contributed by atoms with Gasteiger partial charge in [0.1, 0.15) is 0 Å². The molecule has 0 fully saturated rings. The lowest BCUT2D eigenvalue weighted by Gasteiger charge is -2.10. The third-order valence-electron chi connectivity index (χ3n) is 3.58. The highest BCUT2D eigenvalue weighted by molar-refractivity contribution is 6.70. The first-order valence-corrected chi connectivity index (χ1v) is 8.42. The average molecular weight is 376 g/mol. The van der Waals surface area contributed by atoms with Gasteiger partial charge in [0.2, 0.25) is 0 Å². The molecule has 0 spiro atoms. The molecule has 0 saturated carbocycles. The summed E-state index contributed by atoms with van der Waals surface area (Å²) in [5, 5.41) is 6.47. The molecule has 0 aliphatic carbocycles. The van der Waals surface area contributed by atoms with Crippen LogP contribution < -0.4 is 5.01 Å². The van der Waals surface area contributed by atoms with E-state index in [9.17, 15) is 4.79 Å². The van der Waals surface area contributed by atoms with Gasteiger partial charge in [-0.2, -0.15) is 5.01 Å². The van der Waals surface area contributed by atoms with Crippen molar-refractivity contribution in [1.29, 1.82) is 0 Å². The molecule has 5 nitrogen and oxygen atoms in total. The number of rotatable bonds is 3. The molecule has 0 unspecified atom stereocenters. The number of nitrogens with zero attached hydrogens (tertiary/aromatic N) is 3. The molecule has 25 heavy (non-hydrogen) atoms. The summed E-state index contributed by atoms with van der Waals surface area (Å²) in [6, 6.07) is 12.4. The van der Waals surface area contributed by atoms with Crippen molar-refractivity contribution in [2.45, 2.75) is 13.8 Å². The summed E-state index contributed by atoms with van der Waals surface area (Å²) in [4.78, 5) is 17.1. The fraction of sp³-hybridized carbons (Fsp3) is 0.167. The van der Waals surface area contributed by atoms with Crippen LogP contribution in [0.25, 0.3) is 0 Å². The smallest absolute Gasteiger partial charge is 0.303 e. The topological polar surface area (TPSA) is 54.3 Å². The fourth-order valence-electron chi connectivity index (χ4n) is 2.27. The zero-order valence-electron chi connectivity index (χ0n) is 13.7. The Balaban J connectivity index is 2.03. The number of hydrazone groups is 1. The highest BCUT2D eigenvalue weighted by Crippen LogP contribution is 2.30. The van der Waals surface area contributed by atoms with E-state index in [1.54, 1.807) is 24.3 Å². The van der Waals surface area contributed by atoms with Crippen molar-refractivity contribution in [2.24, 2.45) is 10.1 Å². The Bertz CT molecular complexity index is 856. The molecule has 0 bridgehead atoms. The molecule has 3 rings (SSSR count). The van der Waals surface area contributed by atoms with Crippen molar-refractivity contribution < 1.29 is 9.53 Å². The summed E-state index contributed by atoms with van der Waals surface area (Å²) in [7, 11) is 0. The quantitative estimate of drug-likeness (QED) is 0.775. The number of benzene rings is 2. The molecule has 0 radical (unpaired) electrons. The van der Waals surface area contributed by atoms with Crippen molar-refractivity contribution in [3.63, 3.8) is 0 Å². The van der Waals surface area contributed by atoms with Gasteiger partial charge in [-0.3, -0.25) is 4.79 Å². The molecule has 7 heteroatoms. The summed E-state index contributed by atoms with van der Waals surface area (Å²) in [6.07, 6.45) is 0. The summed E-state index contributed by atoms with van der Waals surface area (Å²) < 4.78 is 5.48. The number of amides is 1. The highest BCUT2D eigenvalue weighted by Gasteiger charge is 2.34. The van der Waals surface area contributed by atoms with Crippen LogP contribution >= 0.6 is 23.2 Å². The molecule has 0 saturated heterocycles. The normalized spacial score (nSPS) is 15.7. The van der Waals surface area contributed by atoms with Crippen LogP contribution in [0.1, 0.15) is 12.5 Å². The maximum atomic E-state index is 12.8. The summed E-state index contributed by atoms with van der Waals surface area (Å²) >= 11 is 12.3. The standard InChI is InChI=1S/C18H15Cl2N3O2/c1-3-25-17-16(21-12-9-14(19)11(2)15(20)10-12)18(24)23(22-17)13-7-5-4-6-8-13/h4-10H,3H2,1-2H3. The molecule has 0 N–H and O–H groups in total. The van der Waals surface area contributed by atoms with Gasteiger partial charge in [-0.25, -0.2) is 4.99 Å². The minimum Gasteiger partial charge on any atom is -0.475 e. The summed E-state index contributed by atoms with van der Waals surface area (Å²) in [5.74, 6) is -0.202. The van der Waals surface area contributed by atoms with E-state index in [0.717, 1.165) is 5.56 Å². The first kappa shape index (κ1) is 17.5. The van der Waals surface area contributed by atoms with Crippen LogP contribution in [0.2, 0.25) is 10.0 Å². The number of halogens is 2. The van der Waals surface area contributed by atoms with E-state index < -0.39 is 0 Å². The van der Waals surface area contributed by atoms with Gasteiger partial charge in [0.25, 0.3) is 5.90 Å². The SMILES string of the molecule is CCOC1=NN(c2ccccc2)C(=O)C1=Nc1cc(Cl)c(C)c(Cl)c1. The Morgan fingerprint density at radius 2 is 1.80 bits per heavy atom. The predicted molar refractivity (Wildman–Crippen MR) is 101 cm³/mol. The van der Waals surface area contributed by atoms with Gasteiger partial charge in [0.05, 0.1) is 18.0 Å². The lowest BCUT2D eigenvalue weighted by atomic mass is 10.2. The first-order chi connectivity index (χ1) is 12.0.